The van der Waals surface area contributed by atoms with E-state index in [4.69, 9.17) is 0 Å². The summed E-state index contributed by atoms with van der Waals surface area (Å²) in [5.74, 6) is -0.431. The third kappa shape index (κ3) is 2.81. The third-order valence-corrected chi connectivity index (χ3v) is 3.07. The Bertz CT molecular complexity index is 770. The van der Waals surface area contributed by atoms with Crippen molar-refractivity contribution in [3.63, 3.8) is 0 Å². The highest BCUT2D eigenvalue weighted by Crippen LogP contribution is 2.20. The number of rotatable bonds is 5. The molecule has 0 aliphatic rings. The van der Waals surface area contributed by atoms with Crippen LogP contribution in [0.5, 0.6) is 0 Å². The SMILES string of the molecule is O=C(O)c1cc(NCCn2ccnn2)nc2ccccc12. The Morgan fingerprint density at radius 1 is 1.33 bits per heavy atom. The number of hydrogen-bond donors (Lipinski definition) is 2. The number of aromatic nitrogens is 4. The lowest BCUT2D eigenvalue weighted by Crippen LogP contribution is -2.12. The van der Waals surface area contributed by atoms with Gasteiger partial charge in [-0.05, 0) is 12.1 Å². The van der Waals surface area contributed by atoms with Crippen molar-refractivity contribution in [1.29, 1.82) is 0 Å². The summed E-state index contributed by atoms with van der Waals surface area (Å²) in [7, 11) is 0. The number of nitrogens with one attached hydrogen (secondary N) is 1. The zero-order valence-electron chi connectivity index (χ0n) is 11.1. The van der Waals surface area contributed by atoms with Crippen molar-refractivity contribution in [3.05, 3.63) is 48.3 Å². The summed E-state index contributed by atoms with van der Waals surface area (Å²) in [4.78, 5) is 15.8. The zero-order valence-corrected chi connectivity index (χ0v) is 11.1. The van der Waals surface area contributed by atoms with Crippen LogP contribution in [0.25, 0.3) is 10.9 Å². The highest BCUT2D eigenvalue weighted by Gasteiger charge is 2.11. The quantitative estimate of drug-likeness (QED) is 0.739. The van der Waals surface area contributed by atoms with E-state index in [1.165, 1.54) is 0 Å². The topological polar surface area (TPSA) is 92.9 Å². The minimum atomic E-state index is -0.965. The van der Waals surface area contributed by atoms with Gasteiger partial charge in [0, 0.05) is 18.1 Å². The number of carboxylic acids is 1. The van der Waals surface area contributed by atoms with Crippen LogP contribution in [-0.2, 0) is 6.54 Å². The number of benzene rings is 1. The van der Waals surface area contributed by atoms with Gasteiger partial charge < -0.3 is 10.4 Å². The number of carbonyl (C=O) groups is 1. The summed E-state index contributed by atoms with van der Waals surface area (Å²) in [6, 6.07) is 8.73. The molecule has 0 atom stereocenters. The molecule has 7 heteroatoms. The first-order chi connectivity index (χ1) is 10.2. The fourth-order valence-electron chi connectivity index (χ4n) is 2.09. The molecule has 2 heterocycles. The lowest BCUT2D eigenvalue weighted by atomic mass is 10.1. The molecule has 0 fully saturated rings. The average Bonchev–Trinajstić information content (AvgIpc) is 2.99. The Morgan fingerprint density at radius 2 is 2.19 bits per heavy atom. The average molecular weight is 283 g/mol. The number of para-hydroxylation sites is 1. The smallest absolute Gasteiger partial charge is 0.336 e. The van der Waals surface area contributed by atoms with Gasteiger partial charge >= 0.3 is 5.97 Å². The Labute approximate surface area is 120 Å². The van der Waals surface area contributed by atoms with E-state index < -0.39 is 5.97 Å². The van der Waals surface area contributed by atoms with Gasteiger partial charge in [-0.15, -0.1) is 5.10 Å². The maximum atomic E-state index is 11.3. The van der Waals surface area contributed by atoms with Gasteiger partial charge in [-0.25, -0.2) is 9.78 Å². The fraction of sp³-hybridized carbons (Fsp3) is 0.143. The van der Waals surface area contributed by atoms with Gasteiger partial charge in [0.15, 0.2) is 0 Å². The first-order valence-electron chi connectivity index (χ1n) is 6.45. The summed E-state index contributed by atoms with van der Waals surface area (Å²) in [5.41, 5.74) is 0.893. The van der Waals surface area contributed by atoms with Crippen LogP contribution in [0.2, 0.25) is 0 Å². The number of nitrogens with zero attached hydrogens (tertiary/aromatic N) is 4. The van der Waals surface area contributed by atoms with Gasteiger partial charge in [0.05, 0.1) is 23.8 Å². The van der Waals surface area contributed by atoms with Crippen molar-refractivity contribution in [2.24, 2.45) is 0 Å². The van der Waals surface area contributed by atoms with Crippen molar-refractivity contribution in [3.8, 4) is 0 Å². The zero-order chi connectivity index (χ0) is 14.7. The van der Waals surface area contributed by atoms with Crippen LogP contribution < -0.4 is 5.32 Å². The fourth-order valence-corrected chi connectivity index (χ4v) is 2.09. The highest BCUT2D eigenvalue weighted by molar-refractivity contribution is 6.03. The lowest BCUT2D eigenvalue weighted by Gasteiger charge is -2.09. The molecule has 0 radical (unpaired) electrons. The predicted molar refractivity (Wildman–Crippen MR) is 77.2 cm³/mol. The van der Waals surface area contributed by atoms with Gasteiger partial charge in [-0.2, -0.15) is 0 Å². The second-order valence-corrected chi connectivity index (χ2v) is 4.47. The van der Waals surface area contributed by atoms with Gasteiger partial charge in [0.2, 0.25) is 0 Å². The molecule has 3 aromatic rings. The molecular formula is C14H13N5O2. The molecule has 2 N–H and O–H groups in total. The van der Waals surface area contributed by atoms with Crippen molar-refractivity contribution in [1.82, 2.24) is 20.0 Å². The van der Waals surface area contributed by atoms with Crippen molar-refractivity contribution >= 4 is 22.7 Å². The van der Waals surface area contributed by atoms with E-state index in [0.717, 1.165) is 0 Å². The van der Waals surface area contributed by atoms with Crippen LogP contribution in [0.1, 0.15) is 10.4 Å². The normalized spacial score (nSPS) is 10.7. The Kier molecular flexibility index (Phi) is 3.46. The van der Waals surface area contributed by atoms with Crippen molar-refractivity contribution in [2.75, 3.05) is 11.9 Å². The molecule has 0 spiro atoms. The van der Waals surface area contributed by atoms with Crippen LogP contribution in [0.3, 0.4) is 0 Å². The summed E-state index contributed by atoms with van der Waals surface area (Å²) in [5, 5.41) is 20.6. The van der Waals surface area contributed by atoms with Crippen molar-refractivity contribution in [2.45, 2.75) is 6.54 Å². The molecule has 106 valence electrons. The number of aromatic carboxylic acids is 1. The molecule has 0 unspecified atom stereocenters. The molecule has 0 saturated heterocycles. The maximum Gasteiger partial charge on any atom is 0.336 e. The summed E-state index contributed by atoms with van der Waals surface area (Å²) in [6.45, 7) is 1.20. The highest BCUT2D eigenvalue weighted by atomic mass is 16.4. The minimum absolute atomic E-state index is 0.240. The minimum Gasteiger partial charge on any atom is -0.478 e. The van der Waals surface area contributed by atoms with E-state index in [2.05, 4.69) is 20.6 Å². The van der Waals surface area contributed by atoms with E-state index in [9.17, 15) is 9.90 Å². The van der Waals surface area contributed by atoms with Gasteiger partial charge in [0.25, 0.3) is 0 Å². The van der Waals surface area contributed by atoms with Gasteiger partial charge in [0.1, 0.15) is 5.82 Å². The Balaban J connectivity index is 1.83. The number of anilines is 1. The maximum absolute atomic E-state index is 11.3. The Hall–Kier alpha value is -2.96. The van der Waals surface area contributed by atoms with Gasteiger partial charge in [-0.3, -0.25) is 4.68 Å². The molecule has 7 nitrogen and oxygen atoms in total. The molecule has 3 rings (SSSR count). The molecular weight excluding hydrogens is 270 g/mol. The standard InChI is InChI=1S/C14H13N5O2/c20-14(21)11-9-13(15-5-7-19-8-6-16-18-19)17-12-4-2-1-3-10(11)12/h1-4,6,8-9H,5,7H2,(H,15,17)(H,20,21). The number of hydrogen-bond acceptors (Lipinski definition) is 5. The third-order valence-electron chi connectivity index (χ3n) is 3.07. The first-order valence-corrected chi connectivity index (χ1v) is 6.45. The number of pyridine rings is 1. The van der Waals surface area contributed by atoms with E-state index in [0.29, 0.717) is 29.8 Å². The summed E-state index contributed by atoms with van der Waals surface area (Å²) in [6.07, 6.45) is 3.37. The van der Waals surface area contributed by atoms with E-state index >= 15 is 0 Å². The lowest BCUT2D eigenvalue weighted by molar-refractivity contribution is 0.0699. The predicted octanol–water partition coefficient (Wildman–Crippen LogP) is 1.64. The van der Waals surface area contributed by atoms with Crippen molar-refractivity contribution < 1.29 is 9.90 Å². The van der Waals surface area contributed by atoms with E-state index in [-0.39, 0.29) is 5.56 Å². The van der Waals surface area contributed by atoms with Gasteiger partial charge in [-0.1, -0.05) is 23.4 Å². The molecule has 0 aliphatic heterocycles. The molecule has 1 aromatic carbocycles. The number of fused-ring (bicyclic) bond motifs is 1. The summed E-state index contributed by atoms with van der Waals surface area (Å²) >= 11 is 0. The molecule has 0 bridgehead atoms. The summed E-state index contributed by atoms with van der Waals surface area (Å²) < 4.78 is 1.69. The molecule has 0 saturated carbocycles. The Morgan fingerprint density at radius 3 is 2.95 bits per heavy atom. The van der Waals surface area contributed by atoms with E-state index in [1.807, 2.05) is 6.07 Å². The second kappa shape index (κ2) is 5.58. The van der Waals surface area contributed by atoms with Crippen LogP contribution in [-0.4, -0.2) is 37.6 Å². The van der Waals surface area contributed by atoms with E-state index in [1.54, 1.807) is 41.3 Å². The van der Waals surface area contributed by atoms with Crippen LogP contribution in [0.15, 0.2) is 42.7 Å². The molecule has 0 amide bonds. The first kappa shape index (κ1) is 13.0. The van der Waals surface area contributed by atoms with Crippen LogP contribution in [0, 0.1) is 0 Å². The van der Waals surface area contributed by atoms with Crippen LogP contribution in [0.4, 0.5) is 5.82 Å². The molecule has 2 aromatic heterocycles. The second-order valence-electron chi connectivity index (χ2n) is 4.47. The molecule has 21 heavy (non-hydrogen) atoms. The monoisotopic (exact) mass is 283 g/mol. The van der Waals surface area contributed by atoms with Crippen LogP contribution >= 0.6 is 0 Å². The molecule has 0 aliphatic carbocycles. The largest absolute Gasteiger partial charge is 0.478 e. The number of carboxylic acid groups (broad SMARTS) is 1.